The van der Waals surface area contributed by atoms with Gasteiger partial charge in [0.25, 0.3) is 5.91 Å². The SMILES string of the molecule is CC(C)CN(C1CC1)C(C)C(=O)NN. The molecular weight excluding hydrogens is 178 g/mol. The Morgan fingerprint density at radius 1 is 1.50 bits per heavy atom. The highest BCUT2D eigenvalue weighted by atomic mass is 16.2. The van der Waals surface area contributed by atoms with Crippen molar-refractivity contribution in [1.82, 2.24) is 10.3 Å². The third kappa shape index (κ3) is 2.96. The van der Waals surface area contributed by atoms with Gasteiger partial charge in [0, 0.05) is 12.6 Å². The Morgan fingerprint density at radius 2 is 2.07 bits per heavy atom. The summed E-state index contributed by atoms with van der Waals surface area (Å²) in [6, 6.07) is 0.500. The van der Waals surface area contributed by atoms with Crippen LogP contribution in [-0.2, 0) is 4.79 Å². The quantitative estimate of drug-likeness (QED) is 0.385. The number of carbonyl (C=O) groups is 1. The summed E-state index contributed by atoms with van der Waals surface area (Å²) < 4.78 is 0. The molecule has 0 bridgehead atoms. The number of hydrogen-bond acceptors (Lipinski definition) is 3. The van der Waals surface area contributed by atoms with Crippen LogP contribution in [0.15, 0.2) is 0 Å². The van der Waals surface area contributed by atoms with Gasteiger partial charge in [-0.1, -0.05) is 13.8 Å². The Labute approximate surface area is 85.8 Å². The molecule has 3 N–H and O–H groups in total. The Hall–Kier alpha value is -0.610. The van der Waals surface area contributed by atoms with Crippen molar-refractivity contribution in [3.63, 3.8) is 0 Å². The molecule has 1 saturated carbocycles. The van der Waals surface area contributed by atoms with E-state index in [1.807, 2.05) is 6.92 Å². The maximum absolute atomic E-state index is 11.4. The molecule has 0 aliphatic heterocycles. The van der Waals surface area contributed by atoms with E-state index >= 15 is 0 Å². The number of carbonyl (C=O) groups excluding carboxylic acids is 1. The molecule has 1 atom stereocenters. The van der Waals surface area contributed by atoms with E-state index < -0.39 is 0 Å². The molecule has 1 unspecified atom stereocenters. The Balaban J connectivity index is 2.52. The van der Waals surface area contributed by atoms with Gasteiger partial charge < -0.3 is 0 Å². The summed E-state index contributed by atoms with van der Waals surface area (Å²) in [7, 11) is 0. The van der Waals surface area contributed by atoms with Crippen molar-refractivity contribution >= 4 is 5.91 Å². The summed E-state index contributed by atoms with van der Waals surface area (Å²) in [6.45, 7) is 7.23. The Bertz CT molecular complexity index is 202. The summed E-state index contributed by atoms with van der Waals surface area (Å²) in [4.78, 5) is 13.6. The monoisotopic (exact) mass is 199 g/mol. The van der Waals surface area contributed by atoms with Crippen molar-refractivity contribution in [2.75, 3.05) is 6.54 Å². The second-order valence-corrected chi connectivity index (χ2v) is 4.51. The fraction of sp³-hybridized carbons (Fsp3) is 0.900. The topological polar surface area (TPSA) is 58.4 Å². The van der Waals surface area contributed by atoms with Crippen molar-refractivity contribution in [2.45, 2.75) is 45.7 Å². The first kappa shape index (κ1) is 11.5. The number of hydrogen-bond donors (Lipinski definition) is 2. The van der Waals surface area contributed by atoms with Gasteiger partial charge in [-0.3, -0.25) is 15.1 Å². The maximum atomic E-state index is 11.4. The van der Waals surface area contributed by atoms with Gasteiger partial charge >= 0.3 is 0 Å². The smallest absolute Gasteiger partial charge is 0.250 e. The average Bonchev–Trinajstić information content (AvgIpc) is 2.94. The Kier molecular flexibility index (Phi) is 3.89. The predicted molar refractivity (Wildman–Crippen MR) is 56.4 cm³/mol. The Morgan fingerprint density at radius 3 is 2.43 bits per heavy atom. The number of rotatable bonds is 5. The minimum atomic E-state index is -0.102. The van der Waals surface area contributed by atoms with E-state index in [0.29, 0.717) is 12.0 Å². The summed E-state index contributed by atoms with van der Waals surface area (Å²) in [5.74, 6) is 5.64. The van der Waals surface area contributed by atoms with Gasteiger partial charge in [-0.2, -0.15) is 0 Å². The van der Waals surface area contributed by atoms with Crippen LogP contribution in [0, 0.1) is 5.92 Å². The molecule has 14 heavy (non-hydrogen) atoms. The van der Waals surface area contributed by atoms with Gasteiger partial charge in [-0.05, 0) is 25.7 Å². The molecule has 0 aromatic heterocycles. The summed E-state index contributed by atoms with van der Waals surface area (Å²) in [6.07, 6.45) is 2.43. The van der Waals surface area contributed by atoms with Crippen LogP contribution < -0.4 is 11.3 Å². The molecule has 0 spiro atoms. The molecule has 0 radical (unpaired) electrons. The molecule has 4 nitrogen and oxygen atoms in total. The maximum Gasteiger partial charge on any atom is 0.250 e. The van der Waals surface area contributed by atoms with Crippen LogP contribution in [0.5, 0.6) is 0 Å². The van der Waals surface area contributed by atoms with Gasteiger partial charge in [-0.25, -0.2) is 5.84 Å². The minimum Gasteiger partial charge on any atom is -0.293 e. The summed E-state index contributed by atoms with van der Waals surface area (Å²) in [5, 5.41) is 0. The molecule has 1 aliphatic rings. The first-order chi connectivity index (χ1) is 6.56. The second kappa shape index (κ2) is 4.75. The van der Waals surface area contributed by atoms with Gasteiger partial charge in [0.15, 0.2) is 0 Å². The fourth-order valence-electron chi connectivity index (χ4n) is 1.72. The van der Waals surface area contributed by atoms with Gasteiger partial charge in [0.05, 0.1) is 6.04 Å². The highest BCUT2D eigenvalue weighted by Gasteiger charge is 2.34. The van der Waals surface area contributed by atoms with E-state index in [1.54, 1.807) is 0 Å². The van der Waals surface area contributed by atoms with Crippen LogP contribution in [0.1, 0.15) is 33.6 Å². The lowest BCUT2D eigenvalue weighted by molar-refractivity contribution is -0.126. The second-order valence-electron chi connectivity index (χ2n) is 4.51. The molecule has 1 fully saturated rings. The molecule has 1 aliphatic carbocycles. The highest BCUT2D eigenvalue weighted by Crippen LogP contribution is 2.29. The van der Waals surface area contributed by atoms with Crippen LogP contribution in [-0.4, -0.2) is 29.4 Å². The third-order valence-corrected chi connectivity index (χ3v) is 2.61. The highest BCUT2D eigenvalue weighted by molar-refractivity contribution is 5.80. The van der Waals surface area contributed by atoms with Crippen molar-refractivity contribution < 1.29 is 4.79 Å². The molecule has 0 aromatic carbocycles. The van der Waals surface area contributed by atoms with Gasteiger partial charge in [-0.15, -0.1) is 0 Å². The van der Waals surface area contributed by atoms with Crippen molar-refractivity contribution in [3.05, 3.63) is 0 Å². The van der Waals surface area contributed by atoms with Crippen molar-refractivity contribution in [2.24, 2.45) is 11.8 Å². The lowest BCUT2D eigenvalue weighted by Crippen LogP contribution is -2.49. The first-order valence-corrected chi connectivity index (χ1v) is 5.32. The normalized spacial score (nSPS) is 18.7. The molecule has 0 saturated heterocycles. The zero-order chi connectivity index (χ0) is 10.7. The molecule has 4 heteroatoms. The zero-order valence-corrected chi connectivity index (χ0v) is 9.29. The van der Waals surface area contributed by atoms with E-state index in [4.69, 9.17) is 5.84 Å². The van der Waals surface area contributed by atoms with Gasteiger partial charge in [0.1, 0.15) is 0 Å². The van der Waals surface area contributed by atoms with E-state index in [9.17, 15) is 4.79 Å². The molecule has 1 rings (SSSR count). The molecule has 82 valence electrons. The predicted octanol–water partition coefficient (Wildman–Crippen LogP) is 0.485. The van der Waals surface area contributed by atoms with Crippen LogP contribution in [0.4, 0.5) is 0 Å². The number of nitrogens with zero attached hydrogens (tertiary/aromatic N) is 1. The van der Waals surface area contributed by atoms with Crippen molar-refractivity contribution in [1.29, 1.82) is 0 Å². The van der Waals surface area contributed by atoms with Crippen molar-refractivity contribution in [3.8, 4) is 0 Å². The van der Waals surface area contributed by atoms with E-state index in [0.717, 1.165) is 6.54 Å². The molecule has 0 heterocycles. The fourth-order valence-corrected chi connectivity index (χ4v) is 1.72. The standard InChI is InChI=1S/C10H21N3O/c1-7(2)6-13(9-4-5-9)8(3)10(14)12-11/h7-9H,4-6,11H2,1-3H3,(H,12,14). The van der Waals surface area contributed by atoms with Crippen LogP contribution in [0.25, 0.3) is 0 Å². The van der Waals surface area contributed by atoms with E-state index in [2.05, 4.69) is 24.2 Å². The third-order valence-electron chi connectivity index (χ3n) is 2.61. The summed E-state index contributed by atoms with van der Waals surface area (Å²) in [5.41, 5.74) is 2.22. The minimum absolute atomic E-state index is 0.0856. The number of nitrogens with one attached hydrogen (secondary N) is 1. The number of nitrogens with two attached hydrogens (primary N) is 1. The molecular formula is C10H21N3O. The average molecular weight is 199 g/mol. The zero-order valence-electron chi connectivity index (χ0n) is 9.29. The lowest BCUT2D eigenvalue weighted by atomic mass is 10.1. The lowest BCUT2D eigenvalue weighted by Gasteiger charge is -2.29. The van der Waals surface area contributed by atoms with E-state index in [1.165, 1.54) is 12.8 Å². The number of hydrazine groups is 1. The number of amides is 1. The van der Waals surface area contributed by atoms with Crippen LogP contribution in [0.3, 0.4) is 0 Å². The van der Waals surface area contributed by atoms with Crippen LogP contribution >= 0.6 is 0 Å². The first-order valence-electron chi connectivity index (χ1n) is 5.32. The molecule has 0 aromatic rings. The largest absolute Gasteiger partial charge is 0.293 e. The van der Waals surface area contributed by atoms with Crippen LogP contribution in [0.2, 0.25) is 0 Å². The van der Waals surface area contributed by atoms with E-state index in [-0.39, 0.29) is 11.9 Å². The summed E-state index contributed by atoms with van der Waals surface area (Å²) >= 11 is 0. The molecule has 1 amide bonds. The van der Waals surface area contributed by atoms with Gasteiger partial charge in [0.2, 0.25) is 0 Å².